The number of hydrogen-bond donors (Lipinski definition) is 3. The number of aryl methyl sites for hydroxylation is 1. The number of ether oxygens (including phenoxy) is 2. The Morgan fingerprint density at radius 2 is 1.74 bits per heavy atom. The van der Waals surface area contributed by atoms with Crippen molar-refractivity contribution in [1.82, 2.24) is 10.4 Å². The number of thiazole rings is 1. The third-order valence-electron chi connectivity index (χ3n) is 6.98. The van der Waals surface area contributed by atoms with Crippen LogP contribution in [-0.2, 0) is 4.79 Å². The van der Waals surface area contributed by atoms with Gasteiger partial charge in [-0.15, -0.1) is 11.3 Å². The van der Waals surface area contributed by atoms with E-state index in [1.165, 1.54) is 17.6 Å². The second-order valence-electron chi connectivity index (χ2n) is 10.3. The molecule has 1 heterocycles. The number of halogens is 2. The van der Waals surface area contributed by atoms with Crippen LogP contribution in [0.15, 0.2) is 89.3 Å². The maximum Gasteiger partial charge on any atom is 0.271 e. The Morgan fingerprint density at radius 3 is 2.49 bits per heavy atom. The molecule has 4 aromatic carbocycles. The first-order valence-corrected chi connectivity index (χ1v) is 16.2. The van der Waals surface area contributed by atoms with Gasteiger partial charge in [-0.2, -0.15) is 5.10 Å². The van der Waals surface area contributed by atoms with Crippen molar-refractivity contribution < 1.29 is 19.1 Å². The number of aromatic nitrogens is 1. The van der Waals surface area contributed by atoms with Gasteiger partial charge in [0.25, 0.3) is 11.8 Å². The summed E-state index contributed by atoms with van der Waals surface area (Å²) in [6, 6.07) is 23.4. The predicted octanol–water partition coefficient (Wildman–Crippen LogP) is 8.66. The van der Waals surface area contributed by atoms with E-state index in [0.29, 0.717) is 28.5 Å². The fourth-order valence-corrected chi connectivity index (χ4v) is 5.56. The second kappa shape index (κ2) is 15.6. The Bertz CT molecular complexity index is 1910. The molecule has 5 rings (SSSR count). The molecule has 0 fully saturated rings. The van der Waals surface area contributed by atoms with Crippen LogP contribution < -0.4 is 25.5 Å². The molecule has 0 aliphatic carbocycles. The standard InChI is InChI=1S/C35H31Cl2N5O4S/c1-4-45-31-17-23(16-28(37)33(31)46-19-32(43)40-29-7-5-6-21(2)22(29)3)18-38-42-34(44)25-10-8-24(9-11-25)30-20-47-35(41-30)39-27-14-12-26(36)13-15-27/h5-18,20H,4,19H2,1-3H3,(H,39,41)(H,40,43)(H,42,44)/b38-18-. The van der Waals surface area contributed by atoms with Crippen molar-refractivity contribution in [2.75, 3.05) is 23.8 Å². The van der Waals surface area contributed by atoms with Crippen molar-refractivity contribution in [2.24, 2.45) is 5.10 Å². The maximum atomic E-state index is 12.8. The number of nitrogens with one attached hydrogen (secondary N) is 3. The van der Waals surface area contributed by atoms with Gasteiger partial charge in [0.05, 0.1) is 23.5 Å². The lowest BCUT2D eigenvalue weighted by Gasteiger charge is -2.15. The molecule has 0 atom stereocenters. The minimum absolute atomic E-state index is 0.229. The zero-order valence-corrected chi connectivity index (χ0v) is 28.1. The van der Waals surface area contributed by atoms with Crippen molar-refractivity contribution in [3.8, 4) is 22.8 Å². The van der Waals surface area contributed by atoms with E-state index in [-0.39, 0.29) is 29.2 Å². The van der Waals surface area contributed by atoms with E-state index in [1.54, 1.807) is 24.3 Å². The van der Waals surface area contributed by atoms with Gasteiger partial charge in [0, 0.05) is 32.9 Å². The molecular weight excluding hydrogens is 657 g/mol. The van der Waals surface area contributed by atoms with Crippen LogP contribution in [0.25, 0.3) is 11.3 Å². The van der Waals surface area contributed by atoms with E-state index in [9.17, 15) is 9.59 Å². The molecule has 0 spiro atoms. The minimum atomic E-state index is -0.387. The van der Waals surface area contributed by atoms with Gasteiger partial charge in [-0.25, -0.2) is 10.4 Å². The summed E-state index contributed by atoms with van der Waals surface area (Å²) in [4.78, 5) is 30.0. The van der Waals surface area contributed by atoms with Crippen molar-refractivity contribution in [3.05, 3.63) is 117 Å². The van der Waals surface area contributed by atoms with Crippen LogP contribution in [0.3, 0.4) is 0 Å². The van der Waals surface area contributed by atoms with Crippen LogP contribution >= 0.6 is 34.5 Å². The minimum Gasteiger partial charge on any atom is -0.490 e. The normalized spacial score (nSPS) is 10.9. The predicted molar refractivity (Wildman–Crippen MR) is 190 cm³/mol. The van der Waals surface area contributed by atoms with Crippen LogP contribution in [0.2, 0.25) is 10.0 Å². The molecule has 12 heteroatoms. The van der Waals surface area contributed by atoms with Crippen molar-refractivity contribution in [3.63, 3.8) is 0 Å². The Kier molecular flexibility index (Phi) is 11.1. The molecule has 2 amide bonds. The first-order chi connectivity index (χ1) is 22.7. The van der Waals surface area contributed by atoms with Crippen molar-refractivity contribution in [2.45, 2.75) is 20.8 Å². The third-order valence-corrected chi connectivity index (χ3v) is 8.27. The number of nitrogens with zero attached hydrogens (tertiary/aromatic N) is 2. The molecule has 3 N–H and O–H groups in total. The summed E-state index contributed by atoms with van der Waals surface area (Å²) < 4.78 is 11.5. The van der Waals surface area contributed by atoms with Gasteiger partial charge in [-0.05, 0) is 92.1 Å². The Morgan fingerprint density at radius 1 is 0.979 bits per heavy atom. The highest BCUT2D eigenvalue weighted by molar-refractivity contribution is 7.14. The highest BCUT2D eigenvalue weighted by Gasteiger charge is 2.15. The SMILES string of the molecule is CCOc1cc(/C=N\NC(=O)c2ccc(-c3csc(Nc4ccc(Cl)cc4)n3)cc2)cc(Cl)c1OCC(=O)Nc1cccc(C)c1C. The summed E-state index contributed by atoms with van der Waals surface area (Å²) in [5.74, 6) is -0.140. The number of hydrogen-bond acceptors (Lipinski definition) is 8. The van der Waals surface area contributed by atoms with E-state index in [1.807, 2.05) is 80.7 Å². The molecule has 0 radical (unpaired) electrons. The highest BCUT2D eigenvalue weighted by atomic mass is 35.5. The Balaban J connectivity index is 1.17. The van der Waals surface area contributed by atoms with Gasteiger partial charge in [-0.3, -0.25) is 9.59 Å². The van der Waals surface area contributed by atoms with Gasteiger partial charge in [-0.1, -0.05) is 47.5 Å². The van der Waals surface area contributed by atoms with E-state index < -0.39 is 0 Å². The lowest BCUT2D eigenvalue weighted by molar-refractivity contribution is -0.118. The van der Waals surface area contributed by atoms with Crippen LogP contribution in [0.4, 0.5) is 16.5 Å². The Labute approximate surface area is 286 Å². The van der Waals surface area contributed by atoms with Crippen LogP contribution in [-0.4, -0.2) is 36.2 Å². The van der Waals surface area contributed by atoms with E-state index in [4.69, 9.17) is 32.7 Å². The lowest BCUT2D eigenvalue weighted by atomic mass is 10.1. The van der Waals surface area contributed by atoms with Gasteiger partial charge in [0.1, 0.15) is 0 Å². The monoisotopic (exact) mass is 687 g/mol. The fraction of sp³-hybridized carbons (Fsp3) is 0.143. The molecule has 47 heavy (non-hydrogen) atoms. The topological polar surface area (TPSA) is 114 Å². The number of rotatable bonds is 12. The first kappa shape index (κ1) is 33.5. The smallest absolute Gasteiger partial charge is 0.271 e. The summed E-state index contributed by atoms with van der Waals surface area (Å²) in [6.07, 6.45) is 1.45. The Hall–Kier alpha value is -4.90. The molecule has 0 bridgehead atoms. The number of carbonyl (C=O) groups is 2. The zero-order valence-electron chi connectivity index (χ0n) is 25.8. The average Bonchev–Trinajstić information content (AvgIpc) is 3.52. The fourth-order valence-electron chi connectivity index (χ4n) is 4.42. The van der Waals surface area contributed by atoms with Crippen LogP contribution in [0.1, 0.15) is 34.0 Å². The van der Waals surface area contributed by atoms with E-state index in [0.717, 1.165) is 38.9 Å². The number of benzene rings is 4. The third kappa shape index (κ3) is 8.88. The number of anilines is 3. The van der Waals surface area contributed by atoms with Gasteiger partial charge in [0.15, 0.2) is 23.2 Å². The molecule has 0 unspecified atom stereocenters. The maximum absolute atomic E-state index is 12.8. The number of carbonyl (C=O) groups excluding carboxylic acids is 2. The largest absolute Gasteiger partial charge is 0.490 e. The summed E-state index contributed by atoms with van der Waals surface area (Å²) in [5.41, 5.74) is 8.83. The molecule has 0 saturated heterocycles. The van der Waals surface area contributed by atoms with E-state index in [2.05, 4.69) is 26.1 Å². The molecule has 240 valence electrons. The summed E-state index contributed by atoms with van der Waals surface area (Å²) >= 11 is 13.9. The van der Waals surface area contributed by atoms with E-state index >= 15 is 0 Å². The van der Waals surface area contributed by atoms with Gasteiger partial charge in [0.2, 0.25) is 0 Å². The number of amides is 2. The zero-order chi connectivity index (χ0) is 33.3. The van der Waals surface area contributed by atoms with Crippen molar-refractivity contribution in [1.29, 1.82) is 0 Å². The molecule has 0 aliphatic heterocycles. The van der Waals surface area contributed by atoms with Crippen molar-refractivity contribution >= 4 is 69.1 Å². The van der Waals surface area contributed by atoms with Crippen LogP contribution in [0.5, 0.6) is 11.5 Å². The molecule has 0 saturated carbocycles. The molecule has 5 aromatic rings. The second-order valence-corrected chi connectivity index (χ2v) is 12.0. The average molecular weight is 689 g/mol. The highest BCUT2D eigenvalue weighted by Crippen LogP contribution is 2.36. The number of hydrazone groups is 1. The molecule has 1 aromatic heterocycles. The molecule has 9 nitrogen and oxygen atoms in total. The lowest BCUT2D eigenvalue weighted by Crippen LogP contribution is -2.21. The molecular formula is C35H31Cl2N5O4S. The summed E-state index contributed by atoms with van der Waals surface area (Å²) in [6.45, 7) is 5.82. The van der Waals surface area contributed by atoms with Gasteiger partial charge < -0.3 is 20.1 Å². The van der Waals surface area contributed by atoms with Gasteiger partial charge >= 0.3 is 0 Å². The quantitative estimate of drug-likeness (QED) is 0.0893. The van der Waals surface area contributed by atoms with Crippen LogP contribution in [0, 0.1) is 13.8 Å². The first-order valence-electron chi connectivity index (χ1n) is 14.6. The molecule has 0 aliphatic rings. The summed E-state index contributed by atoms with van der Waals surface area (Å²) in [7, 11) is 0. The summed E-state index contributed by atoms with van der Waals surface area (Å²) in [5, 5.41) is 13.8.